The summed E-state index contributed by atoms with van der Waals surface area (Å²) in [5.41, 5.74) is 3.61. The Bertz CT molecular complexity index is 1620. The Labute approximate surface area is 293 Å². The predicted molar refractivity (Wildman–Crippen MR) is 187 cm³/mol. The number of carbonyl (C=O) groups excluding carboxylic acids is 3. The fourth-order valence-corrected chi connectivity index (χ4v) is 5.43. The number of fused-ring (bicyclic) bond motifs is 3. The van der Waals surface area contributed by atoms with Crippen LogP contribution in [0, 0.1) is 0 Å². The van der Waals surface area contributed by atoms with E-state index < -0.39 is 41.5 Å². The monoisotopic (exact) mass is 689 g/mol. The predicted octanol–water partition coefficient (Wildman–Crippen LogP) is 6.71. The number of ether oxygens (including phenoxy) is 4. The van der Waals surface area contributed by atoms with E-state index in [9.17, 15) is 24.3 Å². The van der Waals surface area contributed by atoms with Crippen molar-refractivity contribution in [1.82, 2.24) is 15.5 Å². The van der Waals surface area contributed by atoms with Crippen LogP contribution in [0.15, 0.2) is 72.8 Å². The van der Waals surface area contributed by atoms with Gasteiger partial charge in [-0.05, 0) is 87.9 Å². The standard InChI is InChI=1S/C38H47N3O9/c1-37(2,3)49-34(44)39-19-12-20-41(36(46)50-38(4,5)6)22-25-13-11-14-26(21-25)47-24-32(33(42)43)40-35(45)48-23-31-29-17-9-7-15-27(29)28-16-8-10-18-30(28)31/h7-11,13-18,21,31-32H,12,19-20,22-24H2,1-6H3,(H,39,44)(H,40,45)(H,42,43)/t32-/m0/s1. The molecule has 0 fully saturated rings. The summed E-state index contributed by atoms with van der Waals surface area (Å²) in [7, 11) is 0. The molecule has 0 heterocycles. The van der Waals surface area contributed by atoms with Gasteiger partial charge in [-0.3, -0.25) is 0 Å². The SMILES string of the molecule is CC(C)(C)OC(=O)NCCCN(Cc1cccc(OC[C@H](NC(=O)OCC2c3ccccc3-c3ccccc32)C(=O)O)c1)C(=O)OC(C)(C)C. The molecular weight excluding hydrogens is 642 g/mol. The molecule has 3 N–H and O–H groups in total. The third-order valence-corrected chi connectivity index (χ3v) is 7.55. The van der Waals surface area contributed by atoms with Crippen molar-refractivity contribution in [3.8, 4) is 16.9 Å². The van der Waals surface area contributed by atoms with Crippen molar-refractivity contribution < 1.29 is 43.2 Å². The van der Waals surface area contributed by atoms with Gasteiger partial charge in [0, 0.05) is 25.6 Å². The van der Waals surface area contributed by atoms with Crippen LogP contribution in [0.5, 0.6) is 5.75 Å². The molecule has 1 aliphatic carbocycles. The summed E-state index contributed by atoms with van der Waals surface area (Å²) in [4.78, 5) is 51.4. The quantitative estimate of drug-likeness (QED) is 0.131. The lowest BCUT2D eigenvalue weighted by Gasteiger charge is -2.28. The van der Waals surface area contributed by atoms with Gasteiger partial charge in [0.15, 0.2) is 6.04 Å². The van der Waals surface area contributed by atoms with Crippen molar-refractivity contribution in [3.63, 3.8) is 0 Å². The average molecular weight is 690 g/mol. The molecule has 0 saturated carbocycles. The van der Waals surface area contributed by atoms with E-state index in [0.717, 1.165) is 22.3 Å². The number of carboxylic acid groups (broad SMARTS) is 1. The summed E-state index contributed by atoms with van der Waals surface area (Å²) < 4.78 is 22.2. The summed E-state index contributed by atoms with van der Waals surface area (Å²) >= 11 is 0. The Morgan fingerprint density at radius 1 is 0.820 bits per heavy atom. The first-order chi connectivity index (χ1) is 23.6. The lowest BCUT2D eigenvalue weighted by Crippen LogP contribution is -2.45. The van der Waals surface area contributed by atoms with E-state index in [2.05, 4.69) is 10.6 Å². The van der Waals surface area contributed by atoms with Gasteiger partial charge in [0.05, 0.1) is 0 Å². The fraction of sp³-hybridized carbons (Fsp3) is 0.421. The highest BCUT2D eigenvalue weighted by Gasteiger charge is 2.30. The van der Waals surface area contributed by atoms with E-state index in [1.807, 2.05) is 48.5 Å². The van der Waals surface area contributed by atoms with Gasteiger partial charge in [-0.1, -0.05) is 60.7 Å². The van der Waals surface area contributed by atoms with Crippen LogP contribution in [0.1, 0.15) is 70.6 Å². The minimum atomic E-state index is -1.38. The minimum absolute atomic E-state index is 0.0420. The van der Waals surface area contributed by atoms with Crippen molar-refractivity contribution in [1.29, 1.82) is 0 Å². The van der Waals surface area contributed by atoms with Crippen LogP contribution >= 0.6 is 0 Å². The molecular formula is C38H47N3O9. The smallest absolute Gasteiger partial charge is 0.410 e. The molecule has 0 aromatic heterocycles. The number of benzene rings is 3. The van der Waals surface area contributed by atoms with E-state index in [1.54, 1.807) is 65.8 Å². The number of nitrogens with zero attached hydrogens (tertiary/aromatic N) is 1. The fourth-order valence-electron chi connectivity index (χ4n) is 5.43. The van der Waals surface area contributed by atoms with Crippen LogP contribution in [0.4, 0.5) is 14.4 Å². The topological polar surface area (TPSA) is 153 Å². The molecule has 50 heavy (non-hydrogen) atoms. The van der Waals surface area contributed by atoms with Crippen molar-refractivity contribution in [2.24, 2.45) is 0 Å². The van der Waals surface area contributed by atoms with Crippen molar-refractivity contribution in [2.45, 2.75) is 77.7 Å². The first-order valence-corrected chi connectivity index (χ1v) is 16.6. The molecule has 0 unspecified atom stereocenters. The number of carbonyl (C=O) groups is 4. The van der Waals surface area contributed by atoms with Crippen LogP contribution in [0.25, 0.3) is 11.1 Å². The average Bonchev–Trinajstić information content (AvgIpc) is 3.35. The molecule has 1 aliphatic rings. The van der Waals surface area contributed by atoms with Gasteiger partial charge >= 0.3 is 24.2 Å². The second-order valence-corrected chi connectivity index (χ2v) is 14.0. The maximum atomic E-state index is 13.1. The minimum Gasteiger partial charge on any atom is -0.491 e. The molecule has 0 bridgehead atoms. The summed E-state index contributed by atoms with van der Waals surface area (Å²) in [6.07, 6.45) is -1.50. The number of alkyl carbamates (subject to hydrolysis) is 2. The van der Waals surface area contributed by atoms with E-state index in [-0.39, 0.29) is 38.8 Å². The zero-order valence-electron chi connectivity index (χ0n) is 29.5. The summed E-state index contributed by atoms with van der Waals surface area (Å²) in [5, 5.41) is 14.9. The van der Waals surface area contributed by atoms with Gasteiger partial charge in [0.2, 0.25) is 0 Å². The lowest BCUT2D eigenvalue weighted by molar-refractivity contribution is -0.140. The number of carboxylic acids is 1. The second kappa shape index (κ2) is 16.4. The largest absolute Gasteiger partial charge is 0.491 e. The molecule has 0 saturated heterocycles. The maximum Gasteiger partial charge on any atom is 0.410 e. The zero-order valence-corrected chi connectivity index (χ0v) is 29.5. The van der Waals surface area contributed by atoms with Gasteiger partial charge in [-0.15, -0.1) is 0 Å². The summed E-state index contributed by atoms with van der Waals surface area (Å²) in [6.45, 7) is 11.1. The van der Waals surface area contributed by atoms with Crippen molar-refractivity contribution in [2.75, 3.05) is 26.3 Å². The lowest BCUT2D eigenvalue weighted by atomic mass is 9.98. The highest BCUT2D eigenvalue weighted by Crippen LogP contribution is 2.44. The van der Waals surface area contributed by atoms with Crippen LogP contribution in [0.2, 0.25) is 0 Å². The normalized spacial score (nSPS) is 12.9. The Morgan fingerprint density at radius 2 is 1.44 bits per heavy atom. The Morgan fingerprint density at radius 3 is 2.04 bits per heavy atom. The second-order valence-electron chi connectivity index (χ2n) is 14.0. The third kappa shape index (κ3) is 11.1. The summed E-state index contributed by atoms with van der Waals surface area (Å²) in [5.74, 6) is -1.11. The van der Waals surface area contributed by atoms with Gasteiger partial charge < -0.3 is 39.6 Å². The first kappa shape index (κ1) is 37.6. The van der Waals surface area contributed by atoms with Gasteiger partial charge in [0.25, 0.3) is 0 Å². The highest BCUT2D eigenvalue weighted by molar-refractivity contribution is 5.81. The third-order valence-electron chi connectivity index (χ3n) is 7.55. The molecule has 3 aromatic carbocycles. The molecule has 0 radical (unpaired) electrons. The molecule has 12 nitrogen and oxygen atoms in total. The van der Waals surface area contributed by atoms with E-state index in [0.29, 0.717) is 17.7 Å². The summed E-state index contributed by atoms with van der Waals surface area (Å²) in [6, 6.07) is 21.3. The van der Waals surface area contributed by atoms with E-state index >= 15 is 0 Å². The first-order valence-electron chi connectivity index (χ1n) is 16.6. The molecule has 1 atom stereocenters. The van der Waals surface area contributed by atoms with E-state index in [4.69, 9.17) is 18.9 Å². The Kier molecular flexibility index (Phi) is 12.3. The van der Waals surface area contributed by atoms with Gasteiger partial charge in [0.1, 0.15) is 30.2 Å². The molecule has 0 spiro atoms. The number of rotatable bonds is 13. The number of hydrogen-bond donors (Lipinski definition) is 3. The number of nitrogens with one attached hydrogen (secondary N) is 2. The molecule has 3 aromatic rings. The van der Waals surface area contributed by atoms with Crippen LogP contribution in [-0.2, 0) is 25.5 Å². The molecule has 4 rings (SSSR count). The van der Waals surface area contributed by atoms with Gasteiger partial charge in [-0.25, -0.2) is 19.2 Å². The molecule has 268 valence electrons. The Hall–Kier alpha value is -5.26. The zero-order chi connectivity index (χ0) is 36.5. The highest BCUT2D eigenvalue weighted by atomic mass is 16.6. The van der Waals surface area contributed by atoms with Gasteiger partial charge in [-0.2, -0.15) is 0 Å². The molecule has 0 aliphatic heterocycles. The number of hydrogen-bond acceptors (Lipinski definition) is 8. The number of aliphatic carboxylic acids is 1. The van der Waals surface area contributed by atoms with Crippen molar-refractivity contribution >= 4 is 24.2 Å². The van der Waals surface area contributed by atoms with Crippen LogP contribution < -0.4 is 15.4 Å². The van der Waals surface area contributed by atoms with Crippen LogP contribution in [0.3, 0.4) is 0 Å². The Balaban J connectivity index is 1.32. The molecule has 3 amide bonds. The molecule has 12 heteroatoms. The van der Waals surface area contributed by atoms with Crippen LogP contribution in [-0.4, -0.2) is 77.8 Å². The van der Waals surface area contributed by atoms with E-state index in [1.165, 1.54) is 4.90 Å². The van der Waals surface area contributed by atoms with Crippen molar-refractivity contribution in [3.05, 3.63) is 89.5 Å². The maximum absolute atomic E-state index is 13.1. The number of amides is 3.